The molecule has 1 N–H and O–H groups in total. The summed E-state index contributed by atoms with van der Waals surface area (Å²) in [6.07, 6.45) is 8.96. The van der Waals surface area contributed by atoms with Crippen molar-refractivity contribution in [3.63, 3.8) is 0 Å². The number of hydrogen-bond acceptors (Lipinski definition) is 1. The third kappa shape index (κ3) is 2.83. The molecule has 0 radical (unpaired) electrons. The lowest BCUT2D eigenvalue weighted by Gasteiger charge is -2.19. The van der Waals surface area contributed by atoms with E-state index in [1.165, 1.54) is 36.9 Å². The van der Waals surface area contributed by atoms with Crippen molar-refractivity contribution in [1.29, 1.82) is 0 Å². The minimum Gasteiger partial charge on any atom is -0.310 e. The fourth-order valence-corrected chi connectivity index (χ4v) is 3.75. The molecule has 1 heteroatoms. The van der Waals surface area contributed by atoms with Crippen LogP contribution in [0.25, 0.3) is 6.08 Å². The molecule has 20 heavy (non-hydrogen) atoms. The molecule has 1 aliphatic carbocycles. The molecule has 1 heterocycles. The van der Waals surface area contributed by atoms with Crippen molar-refractivity contribution in [2.24, 2.45) is 11.8 Å². The molecular weight excluding hydrogens is 242 g/mol. The van der Waals surface area contributed by atoms with Gasteiger partial charge in [-0.3, -0.25) is 0 Å². The summed E-state index contributed by atoms with van der Waals surface area (Å²) in [4.78, 5) is 0. The van der Waals surface area contributed by atoms with Gasteiger partial charge in [-0.1, -0.05) is 63.6 Å². The number of fused-ring (bicyclic) bond motifs is 1. The monoisotopic (exact) mass is 269 g/mol. The van der Waals surface area contributed by atoms with Gasteiger partial charge in [-0.25, -0.2) is 0 Å². The molecule has 0 spiro atoms. The second-order valence-electron chi connectivity index (χ2n) is 7.52. The number of benzene rings is 1. The first-order valence-electron chi connectivity index (χ1n) is 8.06. The maximum absolute atomic E-state index is 3.68. The van der Waals surface area contributed by atoms with Crippen LogP contribution in [0.1, 0.15) is 51.2 Å². The van der Waals surface area contributed by atoms with Crippen LogP contribution in [0.5, 0.6) is 0 Å². The zero-order valence-electron chi connectivity index (χ0n) is 13.0. The third-order valence-corrected chi connectivity index (χ3v) is 5.07. The fourth-order valence-electron chi connectivity index (χ4n) is 3.75. The first-order valence-corrected chi connectivity index (χ1v) is 8.06. The van der Waals surface area contributed by atoms with Gasteiger partial charge in [0.15, 0.2) is 0 Å². The highest BCUT2D eigenvalue weighted by Gasteiger charge is 2.37. The summed E-state index contributed by atoms with van der Waals surface area (Å²) in [6.45, 7) is 8.02. The Kier molecular flexibility index (Phi) is 3.72. The molecule has 0 aromatic heterocycles. The Hall–Kier alpha value is -1.08. The Morgan fingerprint density at radius 3 is 2.55 bits per heavy atom. The molecule has 1 nitrogen and oxygen atoms in total. The zero-order valence-corrected chi connectivity index (χ0v) is 13.0. The molecule has 3 unspecified atom stereocenters. The highest BCUT2D eigenvalue weighted by Crippen LogP contribution is 2.38. The van der Waals surface area contributed by atoms with Crippen LogP contribution in [-0.4, -0.2) is 12.6 Å². The summed E-state index contributed by atoms with van der Waals surface area (Å²) >= 11 is 0. The van der Waals surface area contributed by atoms with E-state index in [-0.39, 0.29) is 5.41 Å². The summed E-state index contributed by atoms with van der Waals surface area (Å²) in [5.74, 6) is 1.83. The molecule has 2 aliphatic rings. The van der Waals surface area contributed by atoms with E-state index in [1.807, 2.05) is 0 Å². The summed E-state index contributed by atoms with van der Waals surface area (Å²) in [7, 11) is 0. The van der Waals surface area contributed by atoms with Gasteiger partial charge in [-0.05, 0) is 47.8 Å². The van der Waals surface area contributed by atoms with Crippen molar-refractivity contribution >= 4 is 6.08 Å². The van der Waals surface area contributed by atoms with Crippen LogP contribution < -0.4 is 5.32 Å². The second-order valence-corrected chi connectivity index (χ2v) is 7.52. The number of nitrogens with one attached hydrogen (secondary N) is 1. The molecule has 108 valence electrons. The molecule has 1 aromatic carbocycles. The summed E-state index contributed by atoms with van der Waals surface area (Å²) in [6, 6.07) is 9.63. The van der Waals surface area contributed by atoms with Crippen molar-refractivity contribution in [1.82, 2.24) is 5.32 Å². The van der Waals surface area contributed by atoms with E-state index in [9.17, 15) is 0 Å². The lowest BCUT2D eigenvalue weighted by Crippen LogP contribution is -2.23. The van der Waals surface area contributed by atoms with E-state index in [0.717, 1.165) is 11.8 Å². The smallest absolute Gasteiger partial charge is 0.0284 e. The molecule has 0 amide bonds. The van der Waals surface area contributed by atoms with Gasteiger partial charge >= 0.3 is 0 Å². The maximum Gasteiger partial charge on any atom is 0.0284 e. The Morgan fingerprint density at radius 1 is 1.10 bits per heavy atom. The molecule has 3 atom stereocenters. The lowest BCUT2D eigenvalue weighted by molar-refractivity contribution is 0.456. The van der Waals surface area contributed by atoms with Crippen molar-refractivity contribution in [2.75, 3.05) is 6.54 Å². The Balaban J connectivity index is 1.67. The molecule has 2 fully saturated rings. The van der Waals surface area contributed by atoms with E-state index in [2.05, 4.69) is 62.5 Å². The van der Waals surface area contributed by atoms with Gasteiger partial charge in [0.05, 0.1) is 0 Å². The average Bonchev–Trinajstić information content (AvgIpc) is 2.99. The van der Waals surface area contributed by atoms with Gasteiger partial charge in [0.1, 0.15) is 0 Å². The minimum atomic E-state index is 0.242. The standard InChI is InChI=1S/C19H27N/c1-19(2,3)16-10-7-14(8-11-16)9-12-18-17-6-4-5-15(17)13-20-18/h7-12,15,17-18,20H,4-6,13H2,1-3H3/b12-9+. The average molecular weight is 269 g/mol. The normalized spacial score (nSPS) is 30.1. The summed E-state index contributed by atoms with van der Waals surface area (Å²) in [5.41, 5.74) is 2.97. The van der Waals surface area contributed by atoms with E-state index in [0.29, 0.717) is 6.04 Å². The van der Waals surface area contributed by atoms with E-state index in [1.54, 1.807) is 0 Å². The van der Waals surface area contributed by atoms with Gasteiger partial charge in [0.25, 0.3) is 0 Å². The molecule has 1 saturated heterocycles. The van der Waals surface area contributed by atoms with Crippen molar-refractivity contribution in [2.45, 2.75) is 51.5 Å². The Morgan fingerprint density at radius 2 is 1.85 bits per heavy atom. The Labute approximate surface area is 123 Å². The molecule has 0 bridgehead atoms. The quantitative estimate of drug-likeness (QED) is 0.840. The van der Waals surface area contributed by atoms with Crippen LogP contribution in [0.3, 0.4) is 0 Å². The van der Waals surface area contributed by atoms with Gasteiger partial charge in [0, 0.05) is 6.04 Å². The van der Waals surface area contributed by atoms with E-state index >= 15 is 0 Å². The highest BCUT2D eigenvalue weighted by molar-refractivity contribution is 5.51. The lowest BCUT2D eigenvalue weighted by atomic mass is 9.86. The first-order chi connectivity index (χ1) is 9.54. The predicted molar refractivity (Wildman–Crippen MR) is 86.8 cm³/mol. The fraction of sp³-hybridized carbons (Fsp3) is 0.579. The van der Waals surface area contributed by atoms with E-state index in [4.69, 9.17) is 0 Å². The van der Waals surface area contributed by atoms with Gasteiger partial charge in [-0.2, -0.15) is 0 Å². The minimum absolute atomic E-state index is 0.242. The van der Waals surface area contributed by atoms with Crippen molar-refractivity contribution in [3.8, 4) is 0 Å². The first kappa shape index (κ1) is 13.9. The van der Waals surface area contributed by atoms with Crippen LogP contribution in [0.2, 0.25) is 0 Å². The number of rotatable bonds is 2. The van der Waals surface area contributed by atoms with E-state index < -0.39 is 0 Å². The molecule has 1 aliphatic heterocycles. The molecular formula is C19H27N. The summed E-state index contributed by atoms with van der Waals surface area (Å²) in [5, 5.41) is 3.68. The van der Waals surface area contributed by atoms with Crippen LogP contribution in [-0.2, 0) is 5.41 Å². The van der Waals surface area contributed by atoms with Crippen LogP contribution in [0.15, 0.2) is 30.3 Å². The Bertz CT molecular complexity index is 477. The highest BCUT2D eigenvalue weighted by atomic mass is 15.0. The van der Waals surface area contributed by atoms with Crippen molar-refractivity contribution in [3.05, 3.63) is 41.5 Å². The SMILES string of the molecule is CC(C)(C)c1ccc(/C=C/C2NCC3CCCC32)cc1. The second kappa shape index (κ2) is 5.37. The van der Waals surface area contributed by atoms with Gasteiger partial charge < -0.3 is 5.32 Å². The van der Waals surface area contributed by atoms with Gasteiger partial charge in [0.2, 0.25) is 0 Å². The largest absolute Gasteiger partial charge is 0.310 e. The van der Waals surface area contributed by atoms with Gasteiger partial charge in [-0.15, -0.1) is 0 Å². The zero-order chi connectivity index (χ0) is 14.2. The predicted octanol–water partition coefficient (Wildman–Crippen LogP) is 4.39. The molecule has 3 rings (SSSR count). The summed E-state index contributed by atoms with van der Waals surface area (Å²) < 4.78 is 0. The molecule has 1 aromatic rings. The topological polar surface area (TPSA) is 12.0 Å². The molecule has 1 saturated carbocycles. The van der Waals surface area contributed by atoms with Crippen LogP contribution in [0.4, 0.5) is 0 Å². The van der Waals surface area contributed by atoms with Crippen molar-refractivity contribution < 1.29 is 0 Å². The number of hydrogen-bond donors (Lipinski definition) is 1. The third-order valence-electron chi connectivity index (χ3n) is 5.07. The maximum atomic E-state index is 3.68. The van der Waals surface area contributed by atoms with Crippen LogP contribution >= 0.6 is 0 Å². The van der Waals surface area contributed by atoms with Crippen LogP contribution in [0, 0.1) is 11.8 Å².